The quantitative estimate of drug-likeness (QED) is 0.547. The van der Waals surface area contributed by atoms with Crippen molar-refractivity contribution in [1.29, 1.82) is 0 Å². The van der Waals surface area contributed by atoms with Gasteiger partial charge in [-0.25, -0.2) is 0 Å². The number of ether oxygens (including phenoxy) is 1. The van der Waals surface area contributed by atoms with Crippen LogP contribution in [0.25, 0.3) is 0 Å². The van der Waals surface area contributed by atoms with E-state index in [2.05, 4.69) is 17.6 Å². The SMILES string of the molecule is CCCNCCNC(=O)CCOCC1CC1. The normalized spacial score (nSPS) is 15.1. The van der Waals surface area contributed by atoms with Crippen molar-refractivity contribution in [3.8, 4) is 0 Å². The van der Waals surface area contributed by atoms with Gasteiger partial charge in [0.1, 0.15) is 0 Å². The van der Waals surface area contributed by atoms with Crippen LogP contribution in [0.3, 0.4) is 0 Å². The minimum absolute atomic E-state index is 0.0918. The molecule has 0 bridgehead atoms. The topological polar surface area (TPSA) is 50.4 Å². The molecule has 1 saturated carbocycles. The van der Waals surface area contributed by atoms with E-state index in [-0.39, 0.29) is 5.91 Å². The van der Waals surface area contributed by atoms with Gasteiger partial charge in [-0.3, -0.25) is 4.79 Å². The van der Waals surface area contributed by atoms with Crippen LogP contribution in [0.2, 0.25) is 0 Å². The van der Waals surface area contributed by atoms with Crippen LogP contribution >= 0.6 is 0 Å². The Labute approximate surface area is 98.1 Å². The number of nitrogens with one attached hydrogen (secondary N) is 2. The molecule has 0 aromatic heterocycles. The lowest BCUT2D eigenvalue weighted by Gasteiger charge is -2.06. The summed E-state index contributed by atoms with van der Waals surface area (Å²) in [7, 11) is 0. The fraction of sp³-hybridized carbons (Fsp3) is 0.917. The molecule has 1 aliphatic rings. The minimum atomic E-state index is 0.0918. The molecule has 0 radical (unpaired) electrons. The highest BCUT2D eigenvalue weighted by atomic mass is 16.5. The molecule has 4 nitrogen and oxygen atoms in total. The predicted molar refractivity (Wildman–Crippen MR) is 64.3 cm³/mol. The van der Waals surface area contributed by atoms with Gasteiger partial charge in [0, 0.05) is 26.1 Å². The number of amides is 1. The number of carbonyl (C=O) groups excluding carboxylic acids is 1. The molecule has 0 aromatic carbocycles. The van der Waals surface area contributed by atoms with Gasteiger partial charge in [-0.2, -0.15) is 0 Å². The molecule has 0 unspecified atom stereocenters. The van der Waals surface area contributed by atoms with E-state index in [1.54, 1.807) is 0 Å². The molecular formula is C12H24N2O2. The van der Waals surface area contributed by atoms with E-state index in [0.29, 0.717) is 19.6 Å². The highest BCUT2D eigenvalue weighted by Gasteiger charge is 2.20. The highest BCUT2D eigenvalue weighted by molar-refractivity contribution is 5.75. The molecule has 0 aromatic rings. The third-order valence-electron chi connectivity index (χ3n) is 2.57. The van der Waals surface area contributed by atoms with Crippen LogP contribution in [0.1, 0.15) is 32.6 Å². The van der Waals surface area contributed by atoms with Crippen LogP contribution in [0.15, 0.2) is 0 Å². The zero-order valence-corrected chi connectivity index (χ0v) is 10.3. The van der Waals surface area contributed by atoms with Gasteiger partial charge in [-0.05, 0) is 31.7 Å². The summed E-state index contributed by atoms with van der Waals surface area (Å²) in [5.74, 6) is 0.871. The molecule has 1 rings (SSSR count). The second-order valence-corrected chi connectivity index (χ2v) is 4.37. The van der Waals surface area contributed by atoms with E-state index >= 15 is 0 Å². The summed E-state index contributed by atoms with van der Waals surface area (Å²) in [4.78, 5) is 11.3. The Morgan fingerprint density at radius 1 is 1.31 bits per heavy atom. The van der Waals surface area contributed by atoms with Gasteiger partial charge in [0.25, 0.3) is 0 Å². The third kappa shape index (κ3) is 7.65. The first-order chi connectivity index (χ1) is 7.83. The smallest absolute Gasteiger partial charge is 0.222 e. The number of hydrogen-bond acceptors (Lipinski definition) is 3. The van der Waals surface area contributed by atoms with E-state index in [1.165, 1.54) is 12.8 Å². The average Bonchev–Trinajstić information content (AvgIpc) is 3.08. The summed E-state index contributed by atoms with van der Waals surface area (Å²) in [5, 5.41) is 6.10. The van der Waals surface area contributed by atoms with Crippen molar-refractivity contribution in [3.05, 3.63) is 0 Å². The predicted octanol–water partition coefficient (Wildman–Crippen LogP) is 0.919. The minimum Gasteiger partial charge on any atom is -0.381 e. The monoisotopic (exact) mass is 228 g/mol. The van der Waals surface area contributed by atoms with Crippen molar-refractivity contribution in [3.63, 3.8) is 0 Å². The molecule has 1 aliphatic carbocycles. The van der Waals surface area contributed by atoms with Crippen LogP contribution in [-0.4, -0.2) is 38.8 Å². The standard InChI is InChI=1S/C12H24N2O2/c1-2-6-13-7-8-14-12(15)5-9-16-10-11-3-4-11/h11,13H,2-10H2,1H3,(H,14,15). The molecule has 2 N–H and O–H groups in total. The zero-order chi connectivity index (χ0) is 11.6. The van der Waals surface area contributed by atoms with E-state index in [4.69, 9.17) is 4.74 Å². The maximum atomic E-state index is 11.3. The van der Waals surface area contributed by atoms with Crippen LogP contribution < -0.4 is 10.6 Å². The van der Waals surface area contributed by atoms with Gasteiger partial charge in [0.2, 0.25) is 5.91 Å². The van der Waals surface area contributed by atoms with Gasteiger partial charge < -0.3 is 15.4 Å². The van der Waals surface area contributed by atoms with Crippen LogP contribution in [0, 0.1) is 5.92 Å². The van der Waals surface area contributed by atoms with E-state index in [0.717, 1.165) is 32.0 Å². The summed E-state index contributed by atoms with van der Waals surface area (Å²) in [6.07, 6.45) is 4.22. The summed E-state index contributed by atoms with van der Waals surface area (Å²) in [6, 6.07) is 0. The molecule has 1 amide bonds. The summed E-state index contributed by atoms with van der Waals surface area (Å²) >= 11 is 0. The maximum absolute atomic E-state index is 11.3. The molecule has 94 valence electrons. The van der Waals surface area contributed by atoms with Crippen molar-refractivity contribution in [2.75, 3.05) is 32.8 Å². The summed E-state index contributed by atoms with van der Waals surface area (Å²) < 4.78 is 5.40. The van der Waals surface area contributed by atoms with Crippen LogP contribution in [-0.2, 0) is 9.53 Å². The fourth-order valence-electron chi connectivity index (χ4n) is 1.38. The Balaban J connectivity index is 1.78. The Bertz CT molecular complexity index is 193. The number of hydrogen-bond donors (Lipinski definition) is 2. The first-order valence-corrected chi connectivity index (χ1v) is 6.38. The second kappa shape index (κ2) is 8.53. The van der Waals surface area contributed by atoms with E-state index < -0.39 is 0 Å². The van der Waals surface area contributed by atoms with Crippen molar-refractivity contribution in [1.82, 2.24) is 10.6 Å². The second-order valence-electron chi connectivity index (χ2n) is 4.37. The van der Waals surface area contributed by atoms with Crippen molar-refractivity contribution >= 4 is 5.91 Å². The average molecular weight is 228 g/mol. The molecule has 1 fully saturated rings. The van der Waals surface area contributed by atoms with Crippen molar-refractivity contribution in [2.45, 2.75) is 32.6 Å². The van der Waals surface area contributed by atoms with E-state index in [1.807, 2.05) is 0 Å². The van der Waals surface area contributed by atoms with Crippen LogP contribution in [0.4, 0.5) is 0 Å². The lowest BCUT2D eigenvalue weighted by Crippen LogP contribution is -2.32. The van der Waals surface area contributed by atoms with Crippen LogP contribution in [0.5, 0.6) is 0 Å². The molecule has 0 aliphatic heterocycles. The maximum Gasteiger partial charge on any atom is 0.222 e. The number of rotatable bonds is 10. The molecule has 0 atom stereocenters. The summed E-state index contributed by atoms with van der Waals surface area (Å²) in [5.41, 5.74) is 0. The molecule has 0 saturated heterocycles. The Morgan fingerprint density at radius 2 is 2.12 bits per heavy atom. The Morgan fingerprint density at radius 3 is 2.81 bits per heavy atom. The Hall–Kier alpha value is -0.610. The third-order valence-corrected chi connectivity index (χ3v) is 2.57. The Kier molecular flexibility index (Phi) is 7.17. The molecule has 16 heavy (non-hydrogen) atoms. The lowest BCUT2D eigenvalue weighted by molar-refractivity contribution is -0.122. The van der Waals surface area contributed by atoms with Gasteiger partial charge in [0.05, 0.1) is 6.61 Å². The van der Waals surface area contributed by atoms with Gasteiger partial charge in [-0.1, -0.05) is 6.92 Å². The largest absolute Gasteiger partial charge is 0.381 e. The van der Waals surface area contributed by atoms with E-state index in [9.17, 15) is 4.79 Å². The summed E-state index contributed by atoms with van der Waals surface area (Å²) in [6.45, 7) is 6.10. The molecule has 0 spiro atoms. The molecular weight excluding hydrogens is 204 g/mol. The molecule has 0 heterocycles. The fourth-order valence-corrected chi connectivity index (χ4v) is 1.38. The number of carbonyl (C=O) groups is 1. The van der Waals surface area contributed by atoms with Gasteiger partial charge >= 0.3 is 0 Å². The molecule has 4 heteroatoms. The first kappa shape index (κ1) is 13.5. The first-order valence-electron chi connectivity index (χ1n) is 6.38. The zero-order valence-electron chi connectivity index (χ0n) is 10.3. The van der Waals surface area contributed by atoms with Crippen molar-refractivity contribution < 1.29 is 9.53 Å². The van der Waals surface area contributed by atoms with Crippen molar-refractivity contribution in [2.24, 2.45) is 5.92 Å². The highest BCUT2D eigenvalue weighted by Crippen LogP contribution is 2.28. The van der Waals surface area contributed by atoms with Gasteiger partial charge in [-0.15, -0.1) is 0 Å². The lowest BCUT2D eigenvalue weighted by atomic mass is 10.4. The van der Waals surface area contributed by atoms with Gasteiger partial charge in [0.15, 0.2) is 0 Å².